The molecule has 13 heavy (non-hydrogen) atoms. The van der Waals surface area contributed by atoms with Crippen molar-refractivity contribution in [1.29, 1.82) is 0 Å². The van der Waals surface area contributed by atoms with Gasteiger partial charge < -0.3 is 5.11 Å². The molecule has 0 radical (unpaired) electrons. The molecule has 0 spiro atoms. The van der Waals surface area contributed by atoms with Crippen LogP contribution in [0, 0.1) is 0 Å². The summed E-state index contributed by atoms with van der Waals surface area (Å²) in [6, 6.07) is 3.07. The normalized spacial score (nSPS) is 9.62. The fourth-order valence-electron chi connectivity index (χ4n) is 1.06. The van der Waals surface area contributed by atoms with Crippen LogP contribution in [-0.2, 0) is 6.42 Å². The topological polar surface area (TPSA) is 37.3 Å². The average Bonchev–Trinajstić information content (AvgIpc) is 2.12. The van der Waals surface area contributed by atoms with Gasteiger partial charge in [-0.15, -0.1) is 6.58 Å². The second-order valence-electron chi connectivity index (χ2n) is 2.57. The molecule has 0 aliphatic heterocycles. The van der Waals surface area contributed by atoms with Crippen molar-refractivity contribution >= 4 is 17.9 Å². The zero-order chi connectivity index (χ0) is 9.84. The number of hydrogen-bond acceptors (Lipinski definition) is 2. The quantitative estimate of drug-likeness (QED) is 0.596. The van der Waals surface area contributed by atoms with Gasteiger partial charge in [0.05, 0.1) is 5.56 Å². The summed E-state index contributed by atoms with van der Waals surface area (Å²) in [5.41, 5.74) is 0.794. The molecular formula is C10H9ClO2. The van der Waals surface area contributed by atoms with Crippen LogP contribution >= 0.6 is 11.6 Å². The highest BCUT2D eigenvalue weighted by atomic mass is 35.5. The molecule has 0 aliphatic rings. The van der Waals surface area contributed by atoms with Crippen LogP contribution in [0.3, 0.4) is 0 Å². The van der Waals surface area contributed by atoms with Crippen LogP contribution in [-0.4, -0.2) is 11.4 Å². The molecule has 1 rings (SSSR count). The third-order valence-corrected chi connectivity index (χ3v) is 2.09. The number of allylic oxidation sites excluding steroid dienone is 1. The number of aldehydes is 1. The Morgan fingerprint density at radius 2 is 2.23 bits per heavy atom. The molecule has 0 saturated carbocycles. The lowest BCUT2D eigenvalue weighted by Crippen LogP contribution is -1.89. The van der Waals surface area contributed by atoms with E-state index in [1.165, 1.54) is 6.07 Å². The zero-order valence-corrected chi connectivity index (χ0v) is 7.71. The molecule has 0 heterocycles. The van der Waals surface area contributed by atoms with E-state index >= 15 is 0 Å². The molecule has 0 saturated heterocycles. The molecule has 0 atom stereocenters. The van der Waals surface area contributed by atoms with Crippen LogP contribution in [0.1, 0.15) is 15.9 Å². The molecule has 0 aromatic heterocycles. The number of carbonyl (C=O) groups excluding carboxylic acids is 1. The van der Waals surface area contributed by atoms with Gasteiger partial charge in [0.25, 0.3) is 0 Å². The maximum absolute atomic E-state index is 10.5. The first-order valence-corrected chi connectivity index (χ1v) is 4.15. The summed E-state index contributed by atoms with van der Waals surface area (Å²) in [7, 11) is 0. The number of rotatable bonds is 3. The van der Waals surface area contributed by atoms with E-state index in [1.54, 1.807) is 12.1 Å². The maximum atomic E-state index is 10.5. The van der Waals surface area contributed by atoms with E-state index < -0.39 is 0 Å². The maximum Gasteiger partial charge on any atom is 0.153 e. The molecule has 1 aromatic rings. The lowest BCUT2D eigenvalue weighted by Gasteiger charge is -2.05. The van der Waals surface area contributed by atoms with Gasteiger partial charge in [0, 0.05) is 10.6 Å². The van der Waals surface area contributed by atoms with Gasteiger partial charge in [0.1, 0.15) is 5.75 Å². The summed E-state index contributed by atoms with van der Waals surface area (Å²) in [5, 5.41) is 9.98. The Labute approximate surface area is 81.5 Å². The summed E-state index contributed by atoms with van der Waals surface area (Å²) in [6.45, 7) is 3.54. The van der Waals surface area contributed by atoms with Crippen molar-refractivity contribution < 1.29 is 9.90 Å². The number of benzene rings is 1. The first-order valence-electron chi connectivity index (χ1n) is 3.77. The van der Waals surface area contributed by atoms with Gasteiger partial charge >= 0.3 is 0 Å². The number of phenolic OH excluding ortho intramolecular Hbond substituents is 1. The standard InChI is InChI=1S/C10H9ClO2/c1-2-3-8-9(11)5-4-7(6-12)10(8)13/h2,4-6,13H,1,3H2. The molecule has 68 valence electrons. The SMILES string of the molecule is C=CCc1c(Cl)ccc(C=O)c1O. The molecule has 2 nitrogen and oxygen atoms in total. The van der Waals surface area contributed by atoms with E-state index in [0.29, 0.717) is 23.3 Å². The van der Waals surface area contributed by atoms with E-state index in [9.17, 15) is 9.90 Å². The average molecular weight is 197 g/mol. The van der Waals surface area contributed by atoms with Crippen molar-refractivity contribution in [2.24, 2.45) is 0 Å². The van der Waals surface area contributed by atoms with Gasteiger partial charge in [-0.05, 0) is 18.6 Å². The van der Waals surface area contributed by atoms with E-state index in [2.05, 4.69) is 6.58 Å². The molecule has 1 N–H and O–H groups in total. The van der Waals surface area contributed by atoms with Gasteiger partial charge in [-0.3, -0.25) is 4.79 Å². The minimum absolute atomic E-state index is 0.0533. The Morgan fingerprint density at radius 1 is 1.54 bits per heavy atom. The van der Waals surface area contributed by atoms with Crippen molar-refractivity contribution in [2.45, 2.75) is 6.42 Å². The van der Waals surface area contributed by atoms with Crippen LogP contribution in [0.25, 0.3) is 0 Å². The third-order valence-electron chi connectivity index (χ3n) is 1.73. The number of aromatic hydroxyl groups is 1. The fraction of sp³-hybridized carbons (Fsp3) is 0.100. The Kier molecular flexibility index (Phi) is 3.09. The fourth-order valence-corrected chi connectivity index (χ4v) is 1.29. The Morgan fingerprint density at radius 3 is 2.77 bits per heavy atom. The van der Waals surface area contributed by atoms with E-state index in [-0.39, 0.29) is 11.3 Å². The minimum Gasteiger partial charge on any atom is -0.507 e. The summed E-state index contributed by atoms with van der Waals surface area (Å²) in [6.07, 6.45) is 2.67. The van der Waals surface area contributed by atoms with Gasteiger partial charge in [-0.1, -0.05) is 17.7 Å². The van der Waals surface area contributed by atoms with Crippen molar-refractivity contribution in [3.63, 3.8) is 0 Å². The van der Waals surface area contributed by atoms with Crippen LogP contribution in [0.4, 0.5) is 0 Å². The smallest absolute Gasteiger partial charge is 0.153 e. The van der Waals surface area contributed by atoms with Gasteiger partial charge in [-0.2, -0.15) is 0 Å². The largest absolute Gasteiger partial charge is 0.507 e. The van der Waals surface area contributed by atoms with Crippen LogP contribution < -0.4 is 0 Å². The molecule has 3 heteroatoms. The Bertz CT molecular complexity index is 345. The molecular weight excluding hydrogens is 188 g/mol. The first-order chi connectivity index (χ1) is 6.20. The van der Waals surface area contributed by atoms with Gasteiger partial charge in [0.2, 0.25) is 0 Å². The van der Waals surface area contributed by atoms with Gasteiger partial charge in [0.15, 0.2) is 6.29 Å². The van der Waals surface area contributed by atoms with Crippen molar-refractivity contribution in [1.82, 2.24) is 0 Å². The number of hydrogen-bond donors (Lipinski definition) is 1. The Hall–Kier alpha value is -1.28. The molecule has 1 aromatic carbocycles. The predicted octanol–water partition coefficient (Wildman–Crippen LogP) is 2.59. The van der Waals surface area contributed by atoms with Crippen LogP contribution in [0.15, 0.2) is 24.8 Å². The minimum atomic E-state index is -0.0533. The van der Waals surface area contributed by atoms with E-state index in [1.807, 2.05) is 0 Å². The molecule has 0 unspecified atom stereocenters. The number of phenols is 1. The lowest BCUT2D eigenvalue weighted by atomic mass is 10.1. The second kappa shape index (κ2) is 4.10. The predicted molar refractivity (Wildman–Crippen MR) is 52.4 cm³/mol. The highest BCUT2D eigenvalue weighted by molar-refractivity contribution is 6.31. The summed E-state index contributed by atoms with van der Waals surface area (Å²) >= 11 is 5.81. The number of carbonyl (C=O) groups is 1. The monoisotopic (exact) mass is 196 g/mol. The summed E-state index contributed by atoms with van der Waals surface area (Å²) in [4.78, 5) is 10.5. The highest BCUT2D eigenvalue weighted by Gasteiger charge is 2.08. The first kappa shape index (κ1) is 9.81. The van der Waals surface area contributed by atoms with Crippen molar-refractivity contribution in [2.75, 3.05) is 0 Å². The second-order valence-corrected chi connectivity index (χ2v) is 2.98. The molecule has 0 aliphatic carbocycles. The van der Waals surface area contributed by atoms with Gasteiger partial charge in [-0.25, -0.2) is 0 Å². The van der Waals surface area contributed by atoms with Crippen molar-refractivity contribution in [3.8, 4) is 5.75 Å². The molecule has 0 fully saturated rings. The third kappa shape index (κ3) is 1.90. The summed E-state index contributed by atoms with van der Waals surface area (Å²) < 4.78 is 0. The van der Waals surface area contributed by atoms with Crippen molar-refractivity contribution in [3.05, 3.63) is 40.9 Å². The lowest BCUT2D eigenvalue weighted by molar-refractivity contribution is 0.112. The number of halogens is 1. The highest BCUT2D eigenvalue weighted by Crippen LogP contribution is 2.28. The van der Waals surface area contributed by atoms with Crippen LogP contribution in [0.2, 0.25) is 5.02 Å². The van der Waals surface area contributed by atoms with E-state index in [4.69, 9.17) is 11.6 Å². The van der Waals surface area contributed by atoms with Crippen LogP contribution in [0.5, 0.6) is 5.75 Å². The molecule has 0 amide bonds. The Balaban J connectivity index is 3.28. The van der Waals surface area contributed by atoms with E-state index in [0.717, 1.165) is 0 Å². The summed E-state index contributed by atoms with van der Waals surface area (Å²) in [5.74, 6) is -0.0533. The molecule has 0 bridgehead atoms. The zero-order valence-electron chi connectivity index (χ0n) is 6.96.